The van der Waals surface area contributed by atoms with Crippen LogP contribution in [0.4, 0.5) is 8.78 Å². The van der Waals surface area contributed by atoms with Crippen LogP contribution in [0, 0.1) is 11.6 Å². The molecule has 1 atom stereocenters. The van der Waals surface area contributed by atoms with E-state index in [-0.39, 0.29) is 30.9 Å². The summed E-state index contributed by atoms with van der Waals surface area (Å²) >= 11 is 0. The number of hydrogen-bond acceptors (Lipinski definition) is 2. The van der Waals surface area contributed by atoms with Gasteiger partial charge in [0.05, 0.1) is 6.42 Å². The second-order valence-corrected chi connectivity index (χ2v) is 4.89. The number of nitrogens with zero attached hydrogens (tertiary/aromatic N) is 1. The summed E-state index contributed by atoms with van der Waals surface area (Å²) in [5.74, 6) is -2.96. The van der Waals surface area contributed by atoms with E-state index in [2.05, 4.69) is 0 Å². The number of carbonyl (C=O) groups is 2. The highest BCUT2D eigenvalue weighted by molar-refractivity contribution is 5.77. The highest BCUT2D eigenvalue weighted by Gasteiger charge is 2.19. The Morgan fingerprint density at radius 3 is 2.52 bits per heavy atom. The fraction of sp³-hybridized carbons (Fsp3) is 0.467. The molecule has 116 valence electrons. The Morgan fingerprint density at radius 1 is 1.33 bits per heavy atom. The molecule has 1 aromatic rings. The Balaban J connectivity index is 2.69. The van der Waals surface area contributed by atoms with E-state index in [1.54, 1.807) is 13.8 Å². The lowest BCUT2D eigenvalue weighted by Crippen LogP contribution is -2.33. The molecule has 1 amide bonds. The summed E-state index contributed by atoms with van der Waals surface area (Å²) in [5, 5.41) is 8.64. The highest BCUT2D eigenvalue weighted by atomic mass is 19.1. The summed E-state index contributed by atoms with van der Waals surface area (Å²) < 4.78 is 26.5. The summed E-state index contributed by atoms with van der Waals surface area (Å²) in [4.78, 5) is 24.0. The largest absolute Gasteiger partial charge is 0.481 e. The van der Waals surface area contributed by atoms with Gasteiger partial charge in [-0.15, -0.1) is 0 Å². The zero-order chi connectivity index (χ0) is 16.0. The number of halogens is 2. The third kappa shape index (κ3) is 5.13. The predicted molar refractivity (Wildman–Crippen MR) is 73.9 cm³/mol. The fourth-order valence-corrected chi connectivity index (χ4v) is 2.09. The molecule has 0 aliphatic rings. The van der Waals surface area contributed by atoms with Crippen LogP contribution in [0.25, 0.3) is 0 Å². The third-order valence-corrected chi connectivity index (χ3v) is 3.30. The van der Waals surface area contributed by atoms with Gasteiger partial charge < -0.3 is 10.0 Å². The molecule has 1 aromatic carbocycles. The van der Waals surface area contributed by atoms with E-state index in [4.69, 9.17) is 5.11 Å². The first-order valence-corrected chi connectivity index (χ1v) is 6.79. The van der Waals surface area contributed by atoms with Crippen LogP contribution < -0.4 is 0 Å². The Kier molecular flexibility index (Phi) is 6.27. The molecule has 1 unspecified atom stereocenters. The lowest BCUT2D eigenvalue weighted by molar-refractivity contribution is -0.138. The number of benzene rings is 1. The zero-order valence-electron chi connectivity index (χ0n) is 12.1. The van der Waals surface area contributed by atoms with Crippen molar-refractivity contribution in [3.05, 3.63) is 35.4 Å². The van der Waals surface area contributed by atoms with Crippen molar-refractivity contribution in [3.8, 4) is 0 Å². The molecule has 0 aromatic heterocycles. The van der Waals surface area contributed by atoms with Gasteiger partial charge >= 0.3 is 5.97 Å². The van der Waals surface area contributed by atoms with Crippen molar-refractivity contribution in [2.45, 2.75) is 32.6 Å². The smallest absolute Gasteiger partial charge is 0.305 e. The summed E-state index contributed by atoms with van der Waals surface area (Å²) in [7, 11) is 0. The van der Waals surface area contributed by atoms with E-state index in [0.29, 0.717) is 6.54 Å². The Morgan fingerprint density at radius 2 is 2.00 bits per heavy atom. The summed E-state index contributed by atoms with van der Waals surface area (Å²) in [6.45, 7) is 3.95. The van der Waals surface area contributed by atoms with E-state index in [0.717, 1.165) is 12.1 Å². The van der Waals surface area contributed by atoms with Gasteiger partial charge in [-0.3, -0.25) is 9.59 Å². The normalized spacial score (nSPS) is 12.0. The molecule has 0 aliphatic carbocycles. The zero-order valence-corrected chi connectivity index (χ0v) is 12.1. The second-order valence-electron chi connectivity index (χ2n) is 4.89. The maximum atomic E-state index is 13.6. The molecule has 0 saturated heterocycles. The molecular weight excluding hydrogens is 280 g/mol. The molecule has 0 heterocycles. The van der Waals surface area contributed by atoms with E-state index in [1.807, 2.05) is 0 Å². The van der Waals surface area contributed by atoms with E-state index < -0.39 is 23.5 Å². The highest BCUT2D eigenvalue weighted by Crippen LogP contribution is 2.23. The van der Waals surface area contributed by atoms with Gasteiger partial charge in [0.15, 0.2) is 0 Å². The van der Waals surface area contributed by atoms with Gasteiger partial charge in [-0.2, -0.15) is 0 Å². The van der Waals surface area contributed by atoms with Gasteiger partial charge in [0.1, 0.15) is 11.6 Å². The van der Waals surface area contributed by atoms with Crippen molar-refractivity contribution < 1.29 is 23.5 Å². The lowest BCUT2D eigenvalue weighted by Gasteiger charge is -2.22. The van der Waals surface area contributed by atoms with Gasteiger partial charge in [0, 0.05) is 25.6 Å². The van der Waals surface area contributed by atoms with Crippen LogP contribution in [0.5, 0.6) is 0 Å². The quantitative estimate of drug-likeness (QED) is 0.842. The van der Waals surface area contributed by atoms with Crippen LogP contribution in [-0.4, -0.2) is 35.0 Å². The summed E-state index contributed by atoms with van der Waals surface area (Å²) in [6, 6.07) is 3.27. The Bertz CT molecular complexity index is 520. The topological polar surface area (TPSA) is 57.6 Å². The van der Waals surface area contributed by atoms with Gasteiger partial charge in [-0.25, -0.2) is 8.78 Å². The van der Waals surface area contributed by atoms with Crippen LogP contribution in [0.15, 0.2) is 18.2 Å². The van der Waals surface area contributed by atoms with Gasteiger partial charge in [0.25, 0.3) is 0 Å². The van der Waals surface area contributed by atoms with Crippen LogP contribution in [-0.2, 0) is 9.59 Å². The molecule has 0 spiro atoms. The Hall–Kier alpha value is -1.98. The minimum atomic E-state index is -0.973. The second kappa shape index (κ2) is 7.71. The van der Waals surface area contributed by atoms with E-state index in [9.17, 15) is 18.4 Å². The van der Waals surface area contributed by atoms with Crippen molar-refractivity contribution in [1.29, 1.82) is 0 Å². The van der Waals surface area contributed by atoms with E-state index in [1.165, 1.54) is 11.0 Å². The third-order valence-electron chi connectivity index (χ3n) is 3.30. The first kappa shape index (κ1) is 17.1. The Labute approximate surface area is 122 Å². The number of carboxylic acids is 1. The standard InChI is InChI=1S/C15H19F2NO3/c1-3-18(7-6-15(20)21)14(19)8-10(2)12-5-4-11(16)9-13(12)17/h4-5,9-10H,3,6-8H2,1-2H3,(H,20,21). The van der Waals surface area contributed by atoms with Crippen molar-refractivity contribution in [3.63, 3.8) is 0 Å². The lowest BCUT2D eigenvalue weighted by atomic mass is 9.96. The van der Waals surface area contributed by atoms with Crippen molar-refractivity contribution in [2.24, 2.45) is 0 Å². The molecule has 0 aliphatic heterocycles. The first-order valence-electron chi connectivity index (χ1n) is 6.79. The van der Waals surface area contributed by atoms with Crippen molar-refractivity contribution in [1.82, 2.24) is 4.90 Å². The molecule has 1 rings (SSSR count). The average molecular weight is 299 g/mol. The molecule has 0 radical (unpaired) electrons. The predicted octanol–water partition coefficient (Wildman–Crippen LogP) is 2.78. The maximum absolute atomic E-state index is 13.6. The number of amides is 1. The minimum Gasteiger partial charge on any atom is -0.481 e. The fourth-order valence-electron chi connectivity index (χ4n) is 2.09. The van der Waals surface area contributed by atoms with Crippen molar-refractivity contribution >= 4 is 11.9 Å². The average Bonchev–Trinajstić information content (AvgIpc) is 2.38. The number of carboxylic acid groups (broad SMARTS) is 1. The molecule has 1 N–H and O–H groups in total. The molecule has 6 heteroatoms. The minimum absolute atomic E-state index is 0.0516. The van der Waals surface area contributed by atoms with E-state index >= 15 is 0 Å². The first-order chi connectivity index (χ1) is 9.85. The van der Waals surface area contributed by atoms with Crippen molar-refractivity contribution in [2.75, 3.05) is 13.1 Å². The molecule has 21 heavy (non-hydrogen) atoms. The monoisotopic (exact) mass is 299 g/mol. The molecular formula is C15H19F2NO3. The van der Waals surface area contributed by atoms with Crippen LogP contribution in [0.1, 0.15) is 38.2 Å². The SMILES string of the molecule is CCN(CCC(=O)O)C(=O)CC(C)c1ccc(F)cc1F. The number of carbonyl (C=O) groups excluding carboxylic acids is 1. The van der Waals surface area contributed by atoms with Crippen LogP contribution in [0.2, 0.25) is 0 Å². The number of rotatable bonds is 7. The number of hydrogen-bond donors (Lipinski definition) is 1. The summed E-state index contributed by atoms with van der Waals surface area (Å²) in [6.07, 6.45) is -0.0745. The number of aliphatic carboxylic acids is 1. The maximum Gasteiger partial charge on any atom is 0.305 e. The molecule has 4 nitrogen and oxygen atoms in total. The van der Waals surface area contributed by atoms with Gasteiger partial charge in [-0.05, 0) is 24.5 Å². The van der Waals surface area contributed by atoms with Gasteiger partial charge in [-0.1, -0.05) is 13.0 Å². The molecule has 0 fully saturated rings. The van der Waals surface area contributed by atoms with Gasteiger partial charge in [0.2, 0.25) is 5.91 Å². The van der Waals surface area contributed by atoms with Crippen LogP contribution in [0.3, 0.4) is 0 Å². The summed E-state index contributed by atoms with van der Waals surface area (Å²) in [5.41, 5.74) is 0.277. The molecule has 0 saturated carbocycles. The van der Waals surface area contributed by atoms with Crippen LogP contribution >= 0.6 is 0 Å². The molecule has 0 bridgehead atoms.